The molecule has 2 nitrogen and oxygen atoms in total. The summed E-state index contributed by atoms with van der Waals surface area (Å²) in [4.78, 5) is 4.10. The van der Waals surface area contributed by atoms with Crippen molar-refractivity contribution in [3.8, 4) is 0 Å². The van der Waals surface area contributed by atoms with Crippen LogP contribution in [0.2, 0.25) is 5.02 Å². The highest BCUT2D eigenvalue weighted by Gasteiger charge is 2.00. The molecule has 0 aromatic heterocycles. The highest BCUT2D eigenvalue weighted by Crippen LogP contribution is 2.14. The molecule has 0 aliphatic carbocycles. The zero-order valence-electron chi connectivity index (χ0n) is 7.63. The molecule has 0 radical (unpaired) electrons. The molecular weight excluding hydrogens is 184 g/mol. The summed E-state index contributed by atoms with van der Waals surface area (Å²) < 4.78 is 0. The Kier molecular flexibility index (Phi) is 3.77. The van der Waals surface area contributed by atoms with Crippen LogP contribution in [0.5, 0.6) is 0 Å². The number of hydrogen-bond acceptors (Lipinski definition) is 1. The van der Waals surface area contributed by atoms with Crippen molar-refractivity contribution in [3.63, 3.8) is 0 Å². The topological polar surface area (TPSA) is 38.4 Å². The lowest BCUT2D eigenvalue weighted by molar-refractivity contribution is 1.10. The van der Waals surface area contributed by atoms with Crippen LogP contribution in [0.25, 0.3) is 0 Å². The van der Waals surface area contributed by atoms with Crippen LogP contribution in [0.1, 0.15) is 12.5 Å². The van der Waals surface area contributed by atoms with Gasteiger partial charge in [-0.05, 0) is 18.6 Å². The van der Waals surface area contributed by atoms with Crippen molar-refractivity contribution in [1.82, 2.24) is 0 Å². The van der Waals surface area contributed by atoms with Crippen LogP contribution in [0.4, 0.5) is 0 Å². The first-order valence-electron chi connectivity index (χ1n) is 4.26. The summed E-state index contributed by atoms with van der Waals surface area (Å²) in [6, 6.07) is 7.66. The molecule has 0 saturated carbocycles. The Balaban J connectivity index is 2.74. The molecule has 1 aromatic carbocycles. The molecule has 2 N–H and O–H groups in total. The second-order valence-electron chi connectivity index (χ2n) is 2.73. The van der Waals surface area contributed by atoms with Gasteiger partial charge in [-0.15, -0.1) is 0 Å². The number of nitrogens with two attached hydrogens (primary N) is 1. The molecule has 13 heavy (non-hydrogen) atoms. The monoisotopic (exact) mass is 196 g/mol. The van der Waals surface area contributed by atoms with Crippen molar-refractivity contribution in [2.45, 2.75) is 13.3 Å². The fourth-order valence-corrected chi connectivity index (χ4v) is 1.30. The zero-order chi connectivity index (χ0) is 9.68. The van der Waals surface area contributed by atoms with E-state index in [1.165, 1.54) is 0 Å². The van der Waals surface area contributed by atoms with Gasteiger partial charge in [0.25, 0.3) is 0 Å². The number of nitrogens with zero attached hydrogens (tertiary/aromatic N) is 1. The van der Waals surface area contributed by atoms with Gasteiger partial charge in [-0.25, -0.2) is 0 Å². The van der Waals surface area contributed by atoms with Gasteiger partial charge in [0.2, 0.25) is 0 Å². The third-order valence-electron chi connectivity index (χ3n) is 1.69. The third kappa shape index (κ3) is 3.07. The summed E-state index contributed by atoms with van der Waals surface area (Å²) in [5.74, 6) is 0.635. The molecule has 0 spiro atoms. The van der Waals surface area contributed by atoms with Gasteiger partial charge < -0.3 is 5.73 Å². The smallest absolute Gasteiger partial charge is 0.0981 e. The van der Waals surface area contributed by atoms with Crippen molar-refractivity contribution in [3.05, 3.63) is 34.9 Å². The SMILES string of the molecule is CCN=C(N)Cc1ccccc1Cl. The second kappa shape index (κ2) is 4.87. The Hall–Kier alpha value is -1.02. The number of hydrogen-bond donors (Lipinski definition) is 1. The van der Waals surface area contributed by atoms with Gasteiger partial charge in [0.05, 0.1) is 5.84 Å². The van der Waals surface area contributed by atoms with Gasteiger partial charge in [-0.1, -0.05) is 29.8 Å². The second-order valence-corrected chi connectivity index (χ2v) is 3.14. The maximum Gasteiger partial charge on any atom is 0.0981 e. The highest BCUT2D eigenvalue weighted by molar-refractivity contribution is 6.31. The third-order valence-corrected chi connectivity index (χ3v) is 2.06. The first kappa shape index (κ1) is 10.1. The maximum atomic E-state index is 5.96. The van der Waals surface area contributed by atoms with Gasteiger partial charge in [0.1, 0.15) is 0 Å². The van der Waals surface area contributed by atoms with E-state index in [1.54, 1.807) is 0 Å². The normalized spacial score (nSPS) is 11.7. The Morgan fingerprint density at radius 3 is 2.77 bits per heavy atom. The van der Waals surface area contributed by atoms with Gasteiger partial charge in [-0.2, -0.15) is 0 Å². The van der Waals surface area contributed by atoms with Gasteiger partial charge >= 0.3 is 0 Å². The molecule has 0 heterocycles. The number of benzene rings is 1. The lowest BCUT2D eigenvalue weighted by Gasteiger charge is -2.02. The highest BCUT2D eigenvalue weighted by atomic mass is 35.5. The maximum absolute atomic E-state index is 5.96. The average molecular weight is 197 g/mol. The Morgan fingerprint density at radius 1 is 1.46 bits per heavy atom. The standard InChI is InChI=1S/C10H13ClN2/c1-2-13-10(12)7-8-5-3-4-6-9(8)11/h3-6H,2,7H2,1H3,(H2,12,13). The van der Waals surface area contributed by atoms with E-state index < -0.39 is 0 Å². The first-order chi connectivity index (χ1) is 6.24. The summed E-state index contributed by atoms with van der Waals surface area (Å²) in [5.41, 5.74) is 6.70. The summed E-state index contributed by atoms with van der Waals surface area (Å²) in [6.45, 7) is 2.68. The van der Waals surface area contributed by atoms with E-state index in [2.05, 4.69) is 4.99 Å². The Bertz CT molecular complexity index is 308. The van der Waals surface area contributed by atoms with E-state index in [-0.39, 0.29) is 0 Å². The predicted octanol–water partition coefficient (Wildman–Crippen LogP) is 2.26. The largest absolute Gasteiger partial charge is 0.387 e. The lowest BCUT2D eigenvalue weighted by atomic mass is 10.1. The number of rotatable bonds is 3. The van der Waals surface area contributed by atoms with Crippen molar-refractivity contribution >= 4 is 17.4 Å². The zero-order valence-corrected chi connectivity index (χ0v) is 8.38. The van der Waals surface area contributed by atoms with Gasteiger partial charge in [0, 0.05) is 18.0 Å². The summed E-state index contributed by atoms with van der Waals surface area (Å²) in [5, 5.41) is 0.747. The molecule has 1 rings (SSSR count). The van der Waals surface area contributed by atoms with E-state index in [9.17, 15) is 0 Å². The van der Waals surface area contributed by atoms with E-state index in [0.717, 1.165) is 17.1 Å². The van der Waals surface area contributed by atoms with Crippen LogP contribution < -0.4 is 5.73 Å². The van der Waals surface area contributed by atoms with Crippen molar-refractivity contribution in [2.75, 3.05) is 6.54 Å². The Labute approximate surface area is 83.4 Å². The molecule has 3 heteroatoms. The number of aliphatic imine (C=N–C) groups is 1. The van der Waals surface area contributed by atoms with Gasteiger partial charge in [0.15, 0.2) is 0 Å². The molecule has 70 valence electrons. The van der Waals surface area contributed by atoms with Crippen LogP contribution in [0, 0.1) is 0 Å². The minimum atomic E-state index is 0.632. The fourth-order valence-electron chi connectivity index (χ4n) is 1.10. The van der Waals surface area contributed by atoms with Crippen LogP contribution in [0.3, 0.4) is 0 Å². The fraction of sp³-hybridized carbons (Fsp3) is 0.300. The molecule has 0 bridgehead atoms. The summed E-state index contributed by atoms with van der Waals surface area (Å²) in [7, 11) is 0. The van der Waals surface area contributed by atoms with E-state index in [1.807, 2.05) is 31.2 Å². The molecule has 0 aliphatic rings. The van der Waals surface area contributed by atoms with Crippen molar-refractivity contribution in [2.24, 2.45) is 10.7 Å². The average Bonchev–Trinajstić information content (AvgIpc) is 2.09. The van der Waals surface area contributed by atoms with Crippen LogP contribution in [-0.4, -0.2) is 12.4 Å². The molecular formula is C10H13ClN2. The van der Waals surface area contributed by atoms with Crippen LogP contribution in [-0.2, 0) is 6.42 Å². The summed E-state index contributed by atoms with van der Waals surface area (Å²) >= 11 is 5.96. The van der Waals surface area contributed by atoms with Crippen LogP contribution >= 0.6 is 11.6 Å². The van der Waals surface area contributed by atoms with Crippen molar-refractivity contribution in [1.29, 1.82) is 0 Å². The van der Waals surface area contributed by atoms with E-state index >= 15 is 0 Å². The van der Waals surface area contributed by atoms with Crippen LogP contribution in [0.15, 0.2) is 29.3 Å². The first-order valence-corrected chi connectivity index (χ1v) is 4.64. The lowest BCUT2D eigenvalue weighted by Crippen LogP contribution is -2.15. The minimum absolute atomic E-state index is 0.632. The Morgan fingerprint density at radius 2 is 2.15 bits per heavy atom. The quantitative estimate of drug-likeness (QED) is 0.585. The molecule has 0 amide bonds. The number of amidine groups is 1. The number of halogens is 1. The van der Waals surface area contributed by atoms with E-state index in [0.29, 0.717) is 12.3 Å². The summed E-state index contributed by atoms with van der Waals surface area (Å²) in [6.07, 6.45) is 0.632. The molecule has 0 atom stereocenters. The van der Waals surface area contributed by atoms with Crippen molar-refractivity contribution < 1.29 is 0 Å². The minimum Gasteiger partial charge on any atom is -0.387 e. The van der Waals surface area contributed by atoms with Gasteiger partial charge in [-0.3, -0.25) is 4.99 Å². The van der Waals surface area contributed by atoms with E-state index in [4.69, 9.17) is 17.3 Å². The predicted molar refractivity (Wildman–Crippen MR) is 57.3 cm³/mol. The molecule has 0 fully saturated rings. The molecule has 0 saturated heterocycles. The molecule has 0 aliphatic heterocycles. The molecule has 1 aromatic rings. The molecule has 0 unspecified atom stereocenters.